The minimum atomic E-state index is -0.689. The van der Waals surface area contributed by atoms with E-state index in [-0.39, 0.29) is 22.6 Å². The Bertz CT molecular complexity index is 1430. The fourth-order valence-corrected chi connectivity index (χ4v) is 7.48. The van der Waals surface area contributed by atoms with Crippen LogP contribution in [0.3, 0.4) is 0 Å². The first-order valence-electron chi connectivity index (χ1n) is 14.0. The zero-order valence-electron chi connectivity index (χ0n) is 22.9. The van der Waals surface area contributed by atoms with E-state index in [4.69, 9.17) is 9.47 Å². The van der Waals surface area contributed by atoms with E-state index in [1.165, 1.54) is 11.8 Å². The van der Waals surface area contributed by atoms with E-state index in [1.54, 1.807) is 13.2 Å². The van der Waals surface area contributed by atoms with Gasteiger partial charge >= 0.3 is 5.97 Å². The molecule has 1 N–H and O–H groups in total. The van der Waals surface area contributed by atoms with Crippen molar-refractivity contribution in [3.8, 4) is 22.8 Å². The molecule has 0 radical (unpaired) electrons. The van der Waals surface area contributed by atoms with Crippen LogP contribution in [0.2, 0.25) is 0 Å². The van der Waals surface area contributed by atoms with Crippen LogP contribution in [-0.4, -0.2) is 23.2 Å². The van der Waals surface area contributed by atoms with E-state index in [9.17, 15) is 9.90 Å². The highest BCUT2D eigenvalue weighted by Crippen LogP contribution is 2.57. The molecule has 0 bridgehead atoms. The molecule has 1 spiro atoms. The number of methoxy groups -OCH3 is 1. The number of fused-ring (bicyclic) bond motifs is 2. The predicted octanol–water partition coefficient (Wildman–Crippen LogP) is 7.45. The number of ether oxygens (including phenoxy) is 2. The number of carbonyl (C=O) groups is 1. The lowest BCUT2D eigenvalue weighted by atomic mass is 9.57. The van der Waals surface area contributed by atoms with Crippen molar-refractivity contribution in [2.75, 3.05) is 7.11 Å². The molecule has 1 aromatic heterocycles. The zero-order valence-corrected chi connectivity index (χ0v) is 22.9. The summed E-state index contributed by atoms with van der Waals surface area (Å²) in [6, 6.07) is 14.0. The molecular formula is C33H36FNO4. The molecule has 3 atom stereocenters. The molecule has 6 heteroatoms. The third-order valence-corrected chi connectivity index (χ3v) is 9.79. The minimum absolute atomic E-state index is 0.111. The van der Waals surface area contributed by atoms with Crippen molar-refractivity contribution in [3.05, 3.63) is 76.7 Å². The van der Waals surface area contributed by atoms with Gasteiger partial charge in [-0.15, -0.1) is 0 Å². The van der Waals surface area contributed by atoms with Crippen LogP contribution in [0, 0.1) is 17.2 Å². The molecule has 39 heavy (non-hydrogen) atoms. The van der Waals surface area contributed by atoms with Gasteiger partial charge in [-0.3, -0.25) is 4.79 Å². The van der Waals surface area contributed by atoms with Crippen molar-refractivity contribution in [2.45, 2.75) is 76.7 Å². The van der Waals surface area contributed by atoms with Gasteiger partial charge in [-0.2, -0.15) is 0 Å². The summed E-state index contributed by atoms with van der Waals surface area (Å²) in [6.07, 6.45) is 8.08. The van der Waals surface area contributed by atoms with Gasteiger partial charge in [0.2, 0.25) is 5.88 Å². The van der Waals surface area contributed by atoms with Gasteiger partial charge in [0.05, 0.1) is 19.2 Å². The van der Waals surface area contributed by atoms with Gasteiger partial charge in [0, 0.05) is 17.0 Å². The Morgan fingerprint density at radius 3 is 2.62 bits per heavy atom. The Morgan fingerprint density at radius 2 is 1.92 bits per heavy atom. The highest BCUT2D eigenvalue weighted by Gasteiger charge is 2.54. The SMILES string of the molecule is COc1cc(-c2ccc(COc3ccc4c(c3)C3(CC4)CCC3C(=O)O)cc2[C@@H]2CCCC2(C)C)c(F)cn1. The van der Waals surface area contributed by atoms with Gasteiger partial charge in [-0.25, -0.2) is 9.37 Å². The fraction of sp³-hybridized carbons (Fsp3) is 0.455. The van der Waals surface area contributed by atoms with E-state index < -0.39 is 5.97 Å². The topological polar surface area (TPSA) is 68.7 Å². The summed E-state index contributed by atoms with van der Waals surface area (Å²) in [6.45, 7) is 4.98. The number of hydrogen-bond donors (Lipinski definition) is 1. The first-order valence-corrected chi connectivity index (χ1v) is 14.0. The van der Waals surface area contributed by atoms with E-state index in [1.807, 2.05) is 18.2 Å². The largest absolute Gasteiger partial charge is 0.489 e. The zero-order chi connectivity index (χ0) is 27.4. The average molecular weight is 530 g/mol. The number of aromatic nitrogens is 1. The second-order valence-corrected chi connectivity index (χ2v) is 12.3. The summed E-state index contributed by atoms with van der Waals surface area (Å²) in [7, 11) is 1.54. The summed E-state index contributed by atoms with van der Waals surface area (Å²) >= 11 is 0. The second-order valence-electron chi connectivity index (χ2n) is 12.3. The maximum absolute atomic E-state index is 15.0. The number of pyridine rings is 1. The highest BCUT2D eigenvalue weighted by molar-refractivity contribution is 5.75. The molecule has 2 unspecified atom stereocenters. The molecule has 3 aliphatic rings. The van der Waals surface area contributed by atoms with Crippen molar-refractivity contribution in [3.63, 3.8) is 0 Å². The fourth-order valence-electron chi connectivity index (χ4n) is 7.48. The van der Waals surface area contributed by atoms with Crippen molar-refractivity contribution < 1.29 is 23.8 Å². The molecule has 0 aliphatic heterocycles. The molecule has 6 rings (SSSR count). The molecule has 3 aromatic rings. The predicted molar refractivity (Wildman–Crippen MR) is 148 cm³/mol. The van der Waals surface area contributed by atoms with E-state index in [0.29, 0.717) is 24.0 Å². The van der Waals surface area contributed by atoms with Gasteiger partial charge in [0.15, 0.2) is 0 Å². The molecule has 2 fully saturated rings. The average Bonchev–Trinajstić information content (AvgIpc) is 3.47. The van der Waals surface area contributed by atoms with Crippen LogP contribution in [-0.2, 0) is 23.2 Å². The van der Waals surface area contributed by atoms with Crippen LogP contribution in [0.1, 0.15) is 80.5 Å². The highest BCUT2D eigenvalue weighted by atomic mass is 19.1. The second kappa shape index (κ2) is 9.65. The summed E-state index contributed by atoms with van der Waals surface area (Å²) in [5, 5.41) is 9.74. The van der Waals surface area contributed by atoms with E-state index in [0.717, 1.165) is 72.9 Å². The summed E-state index contributed by atoms with van der Waals surface area (Å²) in [4.78, 5) is 15.9. The summed E-state index contributed by atoms with van der Waals surface area (Å²) in [5.74, 6) is 0.110. The van der Waals surface area contributed by atoms with Crippen molar-refractivity contribution >= 4 is 5.97 Å². The quantitative estimate of drug-likeness (QED) is 0.344. The Labute approximate surface area is 229 Å². The van der Waals surface area contributed by atoms with Crippen LogP contribution < -0.4 is 9.47 Å². The minimum Gasteiger partial charge on any atom is -0.489 e. The normalized spacial score (nSPS) is 24.8. The van der Waals surface area contributed by atoms with E-state index in [2.05, 4.69) is 37.0 Å². The number of aryl methyl sites for hydroxylation is 1. The standard InChI is InChI=1S/C33H36FNO4/c1-32(2)12-4-5-26(32)24-15-20(6-9-23(24)25-17-30(38-3)35-18-29(25)34)19-39-22-8-7-21-10-13-33(28(21)16-22)14-11-27(33)31(36)37/h6-9,15-18,26-27H,4-5,10-14,19H2,1-3H3,(H,36,37)/t26-,27?,33?/m0/s1. The maximum atomic E-state index is 15.0. The summed E-state index contributed by atoms with van der Waals surface area (Å²) in [5.41, 5.74) is 5.82. The van der Waals surface area contributed by atoms with Crippen LogP contribution in [0.5, 0.6) is 11.6 Å². The molecule has 204 valence electrons. The van der Waals surface area contributed by atoms with Crippen LogP contribution in [0.15, 0.2) is 48.7 Å². The number of carboxylic acids is 1. The van der Waals surface area contributed by atoms with Crippen LogP contribution in [0.25, 0.3) is 11.1 Å². The van der Waals surface area contributed by atoms with Gasteiger partial charge < -0.3 is 14.6 Å². The molecule has 3 aliphatic carbocycles. The third-order valence-electron chi connectivity index (χ3n) is 9.79. The lowest BCUT2D eigenvalue weighted by Gasteiger charge is -2.45. The van der Waals surface area contributed by atoms with Crippen LogP contribution in [0.4, 0.5) is 4.39 Å². The lowest BCUT2D eigenvalue weighted by molar-refractivity contribution is -0.149. The molecule has 0 amide bonds. The molecular weight excluding hydrogens is 493 g/mol. The Morgan fingerprint density at radius 1 is 1.08 bits per heavy atom. The number of rotatable bonds is 7. The number of carboxylic acid groups (broad SMARTS) is 1. The number of hydrogen-bond acceptors (Lipinski definition) is 4. The van der Waals surface area contributed by atoms with E-state index >= 15 is 4.39 Å². The van der Waals surface area contributed by atoms with Gasteiger partial charge in [-0.05, 0) is 89.8 Å². The summed E-state index contributed by atoms with van der Waals surface area (Å²) < 4.78 is 26.6. The lowest BCUT2D eigenvalue weighted by Crippen LogP contribution is -2.46. The van der Waals surface area contributed by atoms with Gasteiger partial charge in [-0.1, -0.05) is 44.5 Å². The molecule has 2 aromatic carbocycles. The Kier molecular flexibility index (Phi) is 6.40. The number of benzene rings is 2. The Balaban J connectivity index is 1.31. The first-order chi connectivity index (χ1) is 18.7. The smallest absolute Gasteiger partial charge is 0.307 e. The number of halogens is 1. The van der Waals surface area contributed by atoms with Gasteiger partial charge in [0.25, 0.3) is 0 Å². The molecule has 5 nitrogen and oxygen atoms in total. The van der Waals surface area contributed by atoms with Crippen LogP contribution >= 0.6 is 0 Å². The number of nitrogens with zero attached hydrogens (tertiary/aromatic N) is 1. The molecule has 2 saturated carbocycles. The molecule has 0 saturated heterocycles. The molecule has 1 heterocycles. The maximum Gasteiger partial charge on any atom is 0.307 e. The van der Waals surface area contributed by atoms with Gasteiger partial charge in [0.1, 0.15) is 18.2 Å². The van der Waals surface area contributed by atoms with Crippen molar-refractivity contribution in [1.82, 2.24) is 4.98 Å². The third kappa shape index (κ3) is 4.38. The van der Waals surface area contributed by atoms with Crippen molar-refractivity contribution in [2.24, 2.45) is 11.3 Å². The van der Waals surface area contributed by atoms with Crippen molar-refractivity contribution in [1.29, 1.82) is 0 Å². The number of aliphatic carboxylic acids is 1. The first kappa shape index (κ1) is 25.8. The Hall–Kier alpha value is -3.41. The monoisotopic (exact) mass is 529 g/mol.